The third kappa shape index (κ3) is 3.90. The van der Waals surface area contributed by atoms with Crippen molar-refractivity contribution in [3.63, 3.8) is 0 Å². The van der Waals surface area contributed by atoms with Gasteiger partial charge >= 0.3 is 0 Å². The van der Waals surface area contributed by atoms with Gasteiger partial charge in [-0.15, -0.1) is 0 Å². The van der Waals surface area contributed by atoms with Gasteiger partial charge in [0.05, 0.1) is 28.7 Å². The Morgan fingerprint density at radius 2 is 1.54 bits per heavy atom. The minimum Gasteiger partial charge on any atom is -0.267 e. The normalized spacial score (nSPS) is 10.8. The summed E-state index contributed by atoms with van der Waals surface area (Å²) < 4.78 is 28.4. The van der Waals surface area contributed by atoms with Gasteiger partial charge in [0.2, 0.25) is 0 Å². The van der Waals surface area contributed by atoms with E-state index >= 15 is 0 Å². The number of hydrazine groups is 1. The summed E-state index contributed by atoms with van der Waals surface area (Å²) in [6.07, 6.45) is 1.36. The standard InChI is InChI=1S/C20H18F2N4O2/c1-12(2)18-16(11-23-26(18)14-9-7-13(21)8-10-14)20(28)25-24-19(27)15-5-3-4-6-17(15)22/h3-12H,1-2H3,(H,24,27)(H,25,28). The molecule has 0 spiro atoms. The van der Waals surface area contributed by atoms with Crippen molar-refractivity contribution in [2.75, 3.05) is 0 Å². The number of nitrogens with one attached hydrogen (secondary N) is 2. The highest BCUT2D eigenvalue weighted by Gasteiger charge is 2.21. The van der Waals surface area contributed by atoms with Crippen LogP contribution in [0.1, 0.15) is 46.2 Å². The monoisotopic (exact) mass is 384 g/mol. The molecule has 144 valence electrons. The van der Waals surface area contributed by atoms with Gasteiger partial charge in [0.15, 0.2) is 0 Å². The topological polar surface area (TPSA) is 76.0 Å². The molecule has 6 nitrogen and oxygen atoms in total. The van der Waals surface area contributed by atoms with Crippen LogP contribution >= 0.6 is 0 Å². The van der Waals surface area contributed by atoms with Gasteiger partial charge in [-0.05, 0) is 42.3 Å². The lowest BCUT2D eigenvalue weighted by Gasteiger charge is -2.13. The van der Waals surface area contributed by atoms with E-state index in [1.165, 1.54) is 41.2 Å². The first-order valence-electron chi connectivity index (χ1n) is 8.57. The molecule has 3 rings (SSSR count). The average molecular weight is 384 g/mol. The van der Waals surface area contributed by atoms with Crippen LogP contribution in [0.3, 0.4) is 0 Å². The van der Waals surface area contributed by atoms with Crippen molar-refractivity contribution in [1.29, 1.82) is 0 Å². The summed E-state index contributed by atoms with van der Waals surface area (Å²) in [4.78, 5) is 24.6. The first-order valence-corrected chi connectivity index (χ1v) is 8.57. The summed E-state index contributed by atoms with van der Waals surface area (Å²) in [5.74, 6) is -2.53. The van der Waals surface area contributed by atoms with Crippen LogP contribution in [0.4, 0.5) is 8.78 Å². The summed E-state index contributed by atoms with van der Waals surface area (Å²) in [7, 11) is 0. The molecule has 2 N–H and O–H groups in total. The predicted octanol–water partition coefficient (Wildman–Crippen LogP) is 3.35. The van der Waals surface area contributed by atoms with Crippen molar-refractivity contribution in [2.45, 2.75) is 19.8 Å². The molecule has 2 amide bonds. The molecule has 1 aromatic heterocycles. The molecule has 0 bridgehead atoms. The molecule has 0 aliphatic carbocycles. The lowest BCUT2D eigenvalue weighted by Crippen LogP contribution is -2.42. The predicted molar refractivity (Wildman–Crippen MR) is 98.9 cm³/mol. The van der Waals surface area contributed by atoms with Crippen molar-refractivity contribution in [2.24, 2.45) is 0 Å². The number of carbonyl (C=O) groups excluding carboxylic acids is 2. The van der Waals surface area contributed by atoms with E-state index in [0.29, 0.717) is 11.4 Å². The van der Waals surface area contributed by atoms with Crippen molar-refractivity contribution in [3.8, 4) is 5.69 Å². The fourth-order valence-electron chi connectivity index (χ4n) is 2.77. The Hall–Kier alpha value is -3.55. The summed E-state index contributed by atoms with van der Waals surface area (Å²) in [5, 5.41) is 4.22. The van der Waals surface area contributed by atoms with Crippen LogP contribution in [0, 0.1) is 11.6 Å². The van der Waals surface area contributed by atoms with E-state index in [1.807, 2.05) is 13.8 Å². The van der Waals surface area contributed by atoms with Gasteiger partial charge in [0, 0.05) is 0 Å². The molecular formula is C20H18F2N4O2. The van der Waals surface area contributed by atoms with Crippen LogP contribution in [0.2, 0.25) is 0 Å². The highest BCUT2D eigenvalue weighted by atomic mass is 19.1. The van der Waals surface area contributed by atoms with Gasteiger partial charge in [0.1, 0.15) is 11.6 Å². The summed E-state index contributed by atoms with van der Waals surface area (Å²) in [6, 6.07) is 11.1. The Morgan fingerprint density at radius 3 is 2.14 bits per heavy atom. The van der Waals surface area contributed by atoms with Crippen molar-refractivity contribution >= 4 is 11.8 Å². The van der Waals surface area contributed by atoms with Gasteiger partial charge in [0.25, 0.3) is 11.8 Å². The number of hydrogen-bond donors (Lipinski definition) is 2. The van der Waals surface area contributed by atoms with Crippen LogP contribution in [0.5, 0.6) is 0 Å². The summed E-state index contributed by atoms with van der Waals surface area (Å²) in [6.45, 7) is 3.76. The van der Waals surface area contributed by atoms with Gasteiger partial charge in [-0.2, -0.15) is 5.10 Å². The molecule has 0 atom stereocenters. The second kappa shape index (κ2) is 7.99. The SMILES string of the molecule is CC(C)c1c(C(=O)NNC(=O)c2ccccc2F)cnn1-c1ccc(F)cc1. The molecule has 1 heterocycles. The Balaban J connectivity index is 1.81. The van der Waals surface area contributed by atoms with Gasteiger partial charge in [-0.3, -0.25) is 20.4 Å². The van der Waals surface area contributed by atoms with Crippen LogP contribution in [0.15, 0.2) is 54.7 Å². The fourth-order valence-corrected chi connectivity index (χ4v) is 2.77. The first kappa shape index (κ1) is 19.2. The number of aromatic nitrogens is 2. The Bertz CT molecular complexity index is 1010. The highest BCUT2D eigenvalue weighted by Crippen LogP contribution is 2.23. The lowest BCUT2D eigenvalue weighted by molar-refractivity contribution is 0.0843. The molecule has 2 aromatic carbocycles. The van der Waals surface area contributed by atoms with Gasteiger partial charge in [-0.25, -0.2) is 13.5 Å². The number of nitrogens with zero attached hydrogens (tertiary/aromatic N) is 2. The minimum atomic E-state index is -0.775. The summed E-state index contributed by atoms with van der Waals surface area (Å²) >= 11 is 0. The quantitative estimate of drug-likeness (QED) is 0.678. The Labute approximate surface area is 160 Å². The maximum absolute atomic E-state index is 13.7. The first-order chi connectivity index (χ1) is 13.4. The van der Waals surface area contributed by atoms with E-state index in [9.17, 15) is 18.4 Å². The Morgan fingerprint density at radius 1 is 0.929 bits per heavy atom. The Kier molecular flexibility index (Phi) is 5.49. The number of hydrogen-bond acceptors (Lipinski definition) is 3. The third-order valence-corrected chi connectivity index (χ3v) is 4.08. The molecular weight excluding hydrogens is 366 g/mol. The van der Waals surface area contributed by atoms with Gasteiger partial charge in [-0.1, -0.05) is 26.0 Å². The molecule has 0 aliphatic rings. The number of halogens is 2. The zero-order chi connectivity index (χ0) is 20.3. The van der Waals surface area contributed by atoms with E-state index in [-0.39, 0.29) is 22.9 Å². The van der Waals surface area contributed by atoms with Crippen molar-refractivity contribution in [1.82, 2.24) is 20.6 Å². The van der Waals surface area contributed by atoms with Crippen LogP contribution in [-0.2, 0) is 0 Å². The van der Waals surface area contributed by atoms with Crippen molar-refractivity contribution < 1.29 is 18.4 Å². The lowest BCUT2D eigenvalue weighted by atomic mass is 10.1. The maximum atomic E-state index is 13.7. The fraction of sp³-hybridized carbons (Fsp3) is 0.150. The van der Waals surface area contributed by atoms with E-state index < -0.39 is 17.6 Å². The van der Waals surface area contributed by atoms with E-state index in [0.717, 1.165) is 6.07 Å². The number of benzene rings is 2. The van der Waals surface area contributed by atoms with Crippen molar-refractivity contribution in [3.05, 3.63) is 83.2 Å². The molecule has 0 saturated carbocycles. The molecule has 8 heteroatoms. The number of amides is 2. The second-order valence-corrected chi connectivity index (χ2v) is 6.37. The number of rotatable bonds is 4. The molecule has 0 unspecified atom stereocenters. The minimum absolute atomic E-state index is 0.0874. The zero-order valence-electron chi connectivity index (χ0n) is 15.2. The van der Waals surface area contributed by atoms with E-state index in [4.69, 9.17) is 0 Å². The number of carbonyl (C=O) groups is 2. The molecule has 0 aliphatic heterocycles. The highest BCUT2D eigenvalue weighted by molar-refractivity contribution is 5.99. The summed E-state index contributed by atoms with van der Waals surface area (Å²) in [5.41, 5.74) is 5.71. The molecule has 28 heavy (non-hydrogen) atoms. The maximum Gasteiger partial charge on any atom is 0.273 e. The average Bonchev–Trinajstić information content (AvgIpc) is 3.12. The third-order valence-electron chi connectivity index (χ3n) is 4.08. The molecule has 0 fully saturated rings. The van der Waals surface area contributed by atoms with Crippen LogP contribution in [-0.4, -0.2) is 21.6 Å². The molecule has 0 saturated heterocycles. The van der Waals surface area contributed by atoms with Crippen LogP contribution in [0.25, 0.3) is 5.69 Å². The zero-order valence-corrected chi connectivity index (χ0v) is 15.2. The van der Waals surface area contributed by atoms with Gasteiger partial charge < -0.3 is 0 Å². The van der Waals surface area contributed by atoms with E-state index in [1.54, 1.807) is 12.1 Å². The second-order valence-electron chi connectivity index (χ2n) is 6.37. The van der Waals surface area contributed by atoms with E-state index in [2.05, 4.69) is 16.0 Å². The molecule has 3 aromatic rings. The smallest absolute Gasteiger partial charge is 0.267 e. The molecule has 0 radical (unpaired) electrons. The van der Waals surface area contributed by atoms with Crippen LogP contribution < -0.4 is 10.9 Å². The largest absolute Gasteiger partial charge is 0.273 e.